The van der Waals surface area contributed by atoms with Crippen LogP contribution in [0.15, 0.2) is 53.2 Å². The summed E-state index contributed by atoms with van der Waals surface area (Å²) in [5.41, 5.74) is 3.07. The maximum atomic E-state index is 12.5. The summed E-state index contributed by atoms with van der Waals surface area (Å²) in [7, 11) is 0. The standard InChI is InChI=1S/C18H16N4O2/c23-17(22-12-9-13-3-1-2-4-15(13)22)6-5-16-20-21-18(24-16)14-7-10-19-11-8-14/h1-4,7-8,10-11H,5-6,9,12H2. The van der Waals surface area contributed by atoms with E-state index < -0.39 is 0 Å². The number of carbonyl (C=O) groups is 1. The van der Waals surface area contributed by atoms with Gasteiger partial charge in [0.15, 0.2) is 0 Å². The summed E-state index contributed by atoms with van der Waals surface area (Å²) in [5.74, 6) is 1.01. The second-order valence-electron chi connectivity index (χ2n) is 5.66. The van der Waals surface area contributed by atoms with Crippen LogP contribution in [0.4, 0.5) is 5.69 Å². The summed E-state index contributed by atoms with van der Waals surface area (Å²) in [6.07, 6.45) is 5.05. The fourth-order valence-corrected chi connectivity index (χ4v) is 2.91. The van der Waals surface area contributed by atoms with E-state index >= 15 is 0 Å². The van der Waals surface area contributed by atoms with E-state index in [9.17, 15) is 4.79 Å². The van der Waals surface area contributed by atoms with Gasteiger partial charge in [-0.15, -0.1) is 10.2 Å². The average Bonchev–Trinajstić information content (AvgIpc) is 3.27. The lowest BCUT2D eigenvalue weighted by Crippen LogP contribution is -2.29. The van der Waals surface area contributed by atoms with Crippen LogP contribution in [0.1, 0.15) is 17.9 Å². The zero-order chi connectivity index (χ0) is 16.4. The van der Waals surface area contributed by atoms with Crippen molar-refractivity contribution in [1.82, 2.24) is 15.2 Å². The molecule has 120 valence electrons. The third kappa shape index (κ3) is 2.78. The van der Waals surface area contributed by atoms with Crippen LogP contribution in [0.25, 0.3) is 11.5 Å². The zero-order valence-corrected chi connectivity index (χ0v) is 13.1. The van der Waals surface area contributed by atoms with Crippen LogP contribution in [-0.2, 0) is 17.6 Å². The van der Waals surface area contributed by atoms with Crippen LogP contribution >= 0.6 is 0 Å². The molecule has 4 rings (SSSR count). The molecule has 0 bridgehead atoms. The molecule has 24 heavy (non-hydrogen) atoms. The minimum absolute atomic E-state index is 0.0867. The smallest absolute Gasteiger partial charge is 0.247 e. The Hall–Kier alpha value is -3.02. The Labute approximate surface area is 139 Å². The molecule has 1 aliphatic heterocycles. The molecule has 6 heteroatoms. The van der Waals surface area contributed by atoms with E-state index in [2.05, 4.69) is 21.2 Å². The molecule has 2 aromatic heterocycles. The minimum atomic E-state index is 0.0867. The van der Waals surface area contributed by atoms with Gasteiger partial charge >= 0.3 is 0 Å². The molecule has 0 spiro atoms. The number of rotatable bonds is 4. The van der Waals surface area contributed by atoms with Crippen LogP contribution in [0.2, 0.25) is 0 Å². The maximum Gasteiger partial charge on any atom is 0.247 e. The summed E-state index contributed by atoms with van der Waals surface area (Å²) >= 11 is 0. The lowest BCUT2D eigenvalue weighted by Gasteiger charge is -2.16. The predicted octanol–water partition coefficient (Wildman–Crippen LogP) is 2.65. The molecule has 3 heterocycles. The van der Waals surface area contributed by atoms with Crippen LogP contribution < -0.4 is 4.90 Å². The summed E-state index contributed by atoms with van der Waals surface area (Å²) in [6.45, 7) is 0.740. The summed E-state index contributed by atoms with van der Waals surface area (Å²) < 4.78 is 5.63. The summed E-state index contributed by atoms with van der Waals surface area (Å²) in [4.78, 5) is 18.3. The van der Waals surface area contributed by atoms with Crippen molar-refractivity contribution in [2.75, 3.05) is 11.4 Å². The van der Waals surface area contributed by atoms with Gasteiger partial charge in [-0.05, 0) is 30.2 Å². The molecule has 6 nitrogen and oxygen atoms in total. The van der Waals surface area contributed by atoms with E-state index in [1.54, 1.807) is 12.4 Å². The highest BCUT2D eigenvalue weighted by molar-refractivity contribution is 5.95. The molecule has 1 aromatic carbocycles. The molecule has 3 aromatic rings. The van der Waals surface area contributed by atoms with E-state index in [1.165, 1.54) is 5.56 Å². The Balaban J connectivity index is 1.41. The molecular weight excluding hydrogens is 304 g/mol. The number of aryl methyl sites for hydroxylation is 1. The van der Waals surface area contributed by atoms with Gasteiger partial charge in [0.2, 0.25) is 17.7 Å². The highest BCUT2D eigenvalue weighted by Gasteiger charge is 2.24. The lowest BCUT2D eigenvalue weighted by molar-refractivity contribution is -0.118. The van der Waals surface area contributed by atoms with Crippen molar-refractivity contribution < 1.29 is 9.21 Å². The maximum absolute atomic E-state index is 12.5. The summed E-state index contributed by atoms with van der Waals surface area (Å²) in [5, 5.41) is 8.06. The third-order valence-corrected chi connectivity index (χ3v) is 4.14. The predicted molar refractivity (Wildman–Crippen MR) is 88.3 cm³/mol. The number of benzene rings is 1. The number of para-hydroxylation sites is 1. The van der Waals surface area contributed by atoms with Crippen molar-refractivity contribution in [3.63, 3.8) is 0 Å². The average molecular weight is 320 g/mol. The Morgan fingerprint density at radius 1 is 1.12 bits per heavy atom. The molecule has 0 saturated heterocycles. The lowest BCUT2D eigenvalue weighted by atomic mass is 10.2. The van der Waals surface area contributed by atoms with Gasteiger partial charge in [-0.2, -0.15) is 0 Å². The Kier molecular flexibility index (Phi) is 3.78. The second-order valence-corrected chi connectivity index (χ2v) is 5.66. The normalized spacial score (nSPS) is 13.1. The van der Waals surface area contributed by atoms with Gasteiger partial charge < -0.3 is 9.32 Å². The van der Waals surface area contributed by atoms with Gasteiger partial charge in [-0.25, -0.2) is 0 Å². The topological polar surface area (TPSA) is 72.1 Å². The van der Waals surface area contributed by atoms with Crippen LogP contribution in [-0.4, -0.2) is 27.6 Å². The molecule has 0 N–H and O–H groups in total. The first kappa shape index (κ1) is 14.6. The number of aromatic nitrogens is 3. The Bertz CT molecular complexity index is 860. The minimum Gasteiger partial charge on any atom is -0.421 e. The van der Waals surface area contributed by atoms with Crippen molar-refractivity contribution in [1.29, 1.82) is 0 Å². The van der Waals surface area contributed by atoms with Crippen molar-refractivity contribution >= 4 is 11.6 Å². The van der Waals surface area contributed by atoms with Crippen LogP contribution in [0.5, 0.6) is 0 Å². The number of pyridine rings is 1. The first-order valence-electron chi connectivity index (χ1n) is 7.92. The van der Waals surface area contributed by atoms with Crippen molar-refractivity contribution in [2.45, 2.75) is 19.3 Å². The number of anilines is 1. The zero-order valence-electron chi connectivity index (χ0n) is 13.1. The number of amides is 1. The van der Waals surface area contributed by atoms with Crippen molar-refractivity contribution in [2.24, 2.45) is 0 Å². The van der Waals surface area contributed by atoms with E-state index in [0.29, 0.717) is 24.6 Å². The quantitative estimate of drug-likeness (QED) is 0.739. The van der Waals surface area contributed by atoms with Gasteiger partial charge in [0, 0.05) is 43.0 Å². The number of hydrogen-bond acceptors (Lipinski definition) is 5. The van der Waals surface area contributed by atoms with E-state index in [4.69, 9.17) is 4.42 Å². The van der Waals surface area contributed by atoms with Gasteiger partial charge in [0.1, 0.15) is 0 Å². The molecule has 1 amide bonds. The molecule has 0 radical (unpaired) electrons. The molecular formula is C18H16N4O2. The Morgan fingerprint density at radius 2 is 1.96 bits per heavy atom. The van der Waals surface area contributed by atoms with Crippen molar-refractivity contribution in [3.8, 4) is 11.5 Å². The number of hydrogen-bond donors (Lipinski definition) is 0. The van der Waals surface area contributed by atoms with Gasteiger partial charge in [0.25, 0.3) is 0 Å². The van der Waals surface area contributed by atoms with E-state index in [-0.39, 0.29) is 5.91 Å². The molecule has 0 fully saturated rings. The largest absolute Gasteiger partial charge is 0.421 e. The van der Waals surface area contributed by atoms with E-state index in [0.717, 1.165) is 24.2 Å². The van der Waals surface area contributed by atoms with Gasteiger partial charge in [-0.3, -0.25) is 9.78 Å². The summed E-state index contributed by atoms with van der Waals surface area (Å²) in [6, 6.07) is 11.7. The van der Waals surface area contributed by atoms with Crippen molar-refractivity contribution in [3.05, 3.63) is 60.2 Å². The molecule has 0 saturated carbocycles. The highest BCUT2D eigenvalue weighted by Crippen LogP contribution is 2.28. The monoisotopic (exact) mass is 320 g/mol. The Morgan fingerprint density at radius 3 is 2.83 bits per heavy atom. The fraction of sp³-hybridized carbons (Fsp3) is 0.222. The third-order valence-electron chi connectivity index (χ3n) is 4.14. The number of fused-ring (bicyclic) bond motifs is 1. The fourth-order valence-electron chi connectivity index (χ4n) is 2.91. The number of nitrogens with zero attached hydrogens (tertiary/aromatic N) is 4. The first-order chi connectivity index (χ1) is 11.8. The van der Waals surface area contributed by atoms with Gasteiger partial charge in [0.05, 0.1) is 0 Å². The molecule has 1 aliphatic rings. The number of carbonyl (C=O) groups excluding carboxylic acids is 1. The van der Waals surface area contributed by atoms with Crippen LogP contribution in [0, 0.1) is 0 Å². The molecule has 0 aliphatic carbocycles. The van der Waals surface area contributed by atoms with Gasteiger partial charge in [-0.1, -0.05) is 18.2 Å². The van der Waals surface area contributed by atoms with Crippen LogP contribution in [0.3, 0.4) is 0 Å². The second kappa shape index (κ2) is 6.23. The first-order valence-corrected chi connectivity index (χ1v) is 7.92. The SMILES string of the molecule is O=C(CCc1nnc(-c2ccncc2)o1)N1CCc2ccccc21. The molecule has 0 unspecified atom stereocenters. The highest BCUT2D eigenvalue weighted by atomic mass is 16.4. The molecule has 0 atom stereocenters. The van der Waals surface area contributed by atoms with E-state index in [1.807, 2.05) is 35.2 Å².